The third-order valence-electron chi connectivity index (χ3n) is 3.20. The van der Waals surface area contributed by atoms with Crippen LogP contribution in [0.25, 0.3) is 0 Å². The van der Waals surface area contributed by atoms with Gasteiger partial charge in [-0.1, -0.05) is 43.2 Å². The largest absolute Gasteiger partial charge is 0.452 e. The Kier molecular flexibility index (Phi) is 4.27. The van der Waals surface area contributed by atoms with E-state index in [2.05, 4.69) is 31.1 Å². The number of methoxy groups -OCH3 is 1. The van der Waals surface area contributed by atoms with Gasteiger partial charge in [-0.3, -0.25) is 0 Å². The number of benzene rings is 1. The number of aromatic nitrogens is 2. The second kappa shape index (κ2) is 5.94. The molecular weight excluding hydrogens is 256 g/mol. The Bertz CT molecular complexity index is 611. The first-order valence-electron chi connectivity index (χ1n) is 6.73. The van der Waals surface area contributed by atoms with Crippen molar-refractivity contribution in [1.82, 2.24) is 9.78 Å². The summed E-state index contributed by atoms with van der Waals surface area (Å²) in [5.41, 5.74) is 2.30. The van der Waals surface area contributed by atoms with E-state index < -0.39 is 5.76 Å². The first kappa shape index (κ1) is 14.4. The van der Waals surface area contributed by atoms with Crippen LogP contribution in [-0.2, 0) is 6.42 Å². The minimum Gasteiger partial charge on any atom is -0.452 e. The van der Waals surface area contributed by atoms with Gasteiger partial charge < -0.3 is 9.15 Å². The van der Waals surface area contributed by atoms with E-state index >= 15 is 0 Å². The second-order valence-corrected chi connectivity index (χ2v) is 5.30. The molecular formula is C15H20N2O3. The molecule has 20 heavy (non-hydrogen) atoms. The first-order chi connectivity index (χ1) is 9.51. The minimum atomic E-state index is -0.513. The van der Waals surface area contributed by atoms with E-state index in [0.29, 0.717) is 5.92 Å². The number of nitrogens with zero attached hydrogens (tertiary/aromatic N) is 2. The Morgan fingerprint density at radius 3 is 2.40 bits per heavy atom. The molecule has 5 heteroatoms. The maximum atomic E-state index is 11.7. The van der Waals surface area contributed by atoms with Crippen LogP contribution < -0.4 is 10.5 Å². The molecule has 0 saturated carbocycles. The molecule has 1 heterocycles. The average Bonchev–Trinajstić information content (AvgIpc) is 2.79. The maximum Gasteiger partial charge on any atom is 0.440 e. The zero-order valence-corrected chi connectivity index (χ0v) is 12.3. The Morgan fingerprint density at radius 2 is 1.90 bits per heavy atom. The zero-order valence-electron chi connectivity index (χ0n) is 12.3. The molecule has 0 aliphatic heterocycles. The molecule has 1 aromatic carbocycles. The fraction of sp³-hybridized carbons (Fsp3) is 0.467. The molecule has 0 amide bonds. The highest BCUT2D eigenvalue weighted by Crippen LogP contribution is 2.18. The van der Waals surface area contributed by atoms with E-state index in [4.69, 9.17) is 9.15 Å². The van der Waals surface area contributed by atoms with E-state index in [-0.39, 0.29) is 12.1 Å². The summed E-state index contributed by atoms with van der Waals surface area (Å²) in [5.74, 6) is 0.112. The molecule has 0 unspecified atom stereocenters. The van der Waals surface area contributed by atoms with Crippen molar-refractivity contribution in [2.75, 3.05) is 7.11 Å². The zero-order chi connectivity index (χ0) is 14.7. The molecule has 1 atom stereocenters. The molecule has 108 valence electrons. The third kappa shape index (κ3) is 3.10. The van der Waals surface area contributed by atoms with E-state index in [1.54, 1.807) is 0 Å². The van der Waals surface area contributed by atoms with E-state index in [1.807, 2.05) is 19.1 Å². The van der Waals surface area contributed by atoms with E-state index in [1.165, 1.54) is 17.4 Å². The predicted octanol–water partition coefficient (Wildman–Crippen LogP) is 2.65. The van der Waals surface area contributed by atoms with Crippen molar-refractivity contribution in [3.8, 4) is 6.08 Å². The Balaban J connectivity index is 2.22. The molecule has 0 bridgehead atoms. The van der Waals surface area contributed by atoms with Gasteiger partial charge in [0.25, 0.3) is 0 Å². The summed E-state index contributed by atoms with van der Waals surface area (Å²) in [7, 11) is 1.42. The van der Waals surface area contributed by atoms with Gasteiger partial charge in [0.2, 0.25) is 0 Å². The summed E-state index contributed by atoms with van der Waals surface area (Å²) in [6.07, 6.45) is 1.03. The van der Waals surface area contributed by atoms with Crippen molar-refractivity contribution in [1.29, 1.82) is 0 Å². The van der Waals surface area contributed by atoms with Gasteiger partial charge in [-0.15, -0.1) is 0 Å². The number of hydrogen-bond acceptors (Lipinski definition) is 4. The van der Waals surface area contributed by atoms with Crippen LogP contribution in [0.2, 0.25) is 0 Å². The highest BCUT2D eigenvalue weighted by molar-refractivity contribution is 5.25. The summed E-state index contributed by atoms with van der Waals surface area (Å²) in [4.78, 5) is 11.7. The number of hydrogen-bond donors (Lipinski definition) is 0. The standard InChI is InChI=1S/C15H20N2O3/c1-10(2)9-12-5-7-13(8-6-12)11(3)17-15(18)20-14(16-17)19-4/h5-8,10-11H,9H2,1-4H3/t11-/m0/s1. The number of rotatable bonds is 5. The van der Waals surface area contributed by atoms with Gasteiger partial charge in [0.15, 0.2) is 0 Å². The predicted molar refractivity (Wildman–Crippen MR) is 76.1 cm³/mol. The highest BCUT2D eigenvalue weighted by atomic mass is 16.6. The van der Waals surface area contributed by atoms with Gasteiger partial charge in [-0.2, -0.15) is 4.68 Å². The summed E-state index contributed by atoms with van der Waals surface area (Å²) < 4.78 is 11.0. The van der Waals surface area contributed by atoms with Gasteiger partial charge in [-0.25, -0.2) is 4.79 Å². The molecule has 0 saturated heterocycles. The maximum absolute atomic E-state index is 11.7. The molecule has 0 aliphatic carbocycles. The molecule has 0 aliphatic rings. The van der Waals surface area contributed by atoms with Crippen LogP contribution in [0.5, 0.6) is 6.08 Å². The molecule has 5 nitrogen and oxygen atoms in total. The van der Waals surface area contributed by atoms with Crippen LogP contribution in [-0.4, -0.2) is 16.9 Å². The van der Waals surface area contributed by atoms with Crippen molar-refractivity contribution in [3.63, 3.8) is 0 Å². The fourth-order valence-electron chi connectivity index (χ4n) is 2.14. The van der Waals surface area contributed by atoms with Crippen LogP contribution in [0.3, 0.4) is 0 Å². The molecule has 0 N–H and O–H groups in total. The highest BCUT2D eigenvalue weighted by Gasteiger charge is 2.16. The third-order valence-corrected chi connectivity index (χ3v) is 3.20. The van der Waals surface area contributed by atoms with Crippen molar-refractivity contribution in [2.45, 2.75) is 33.2 Å². The van der Waals surface area contributed by atoms with Gasteiger partial charge in [-0.05, 0) is 30.4 Å². The Hall–Kier alpha value is -2.04. The molecule has 0 spiro atoms. The quantitative estimate of drug-likeness (QED) is 0.842. The molecule has 2 rings (SSSR count). The second-order valence-electron chi connectivity index (χ2n) is 5.30. The summed E-state index contributed by atoms with van der Waals surface area (Å²) in [6.45, 7) is 6.29. The van der Waals surface area contributed by atoms with E-state index in [9.17, 15) is 4.79 Å². The monoisotopic (exact) mass is 276 g/mol. The molecule has 2 aromatic rings. The van der Waals surface area contributed by atoms with Crippen molar-refractivity contribution in [2.24, 2.45) is 5.92 Å². The molecule has 0 fully saturated rings. The molecule has 1 aromatic heterocycles. The van der Waals surface area contributed by atoms with Crippen LogP contribution in [0.4, 0.5) is 0 Å². The number of ether oxygens (including phenoxy) is 1. The van der Waals surface area contributed by atoms with Gasteiger partial charge >= 0.3 is 11.8 Å². The molecule has 0 radical (unpaired) electrons. The summed E-state index contributed by atoms with van der Waals surface area (Å²) >= 11 is 0. The summed E-state index contributed by atoms with van der Waals surface area (Å²) in [6, 6.07) is 8.04. The average molecular weight is 276 g/mol. The van der Waals surface area contributed by atoms with Gasteiger partial charge in [0.05, 0.1) is 13.2 Å². The fourth-order valence-corrected chi connectivity index (χ4v) is 2.14. The van der Waals surface area contributed by atoms with Crippen molar-refractivity contribution < 1.29 is 9.15 Å². The van der Waals surface area contributed by atoms with Crippen LogP contribution in [0.1, 0.15) is 37.9 Å². The van der Waals surface area contributed by atoms with Crippen molar-refractivity contribution >= 4 is 0 Å². The van der Waals surface area contributed by atoms with Gasteiger partial charge in [0.1, 0.15) is 0 Å². The van der Waals surface area contributed by atoms with Gasteiger partial charge in [0, 0.05) is 0 Å². The lowest BCUT2D eigenvalue weighted by atomic mass is 10.00. The normalized spacial score (nSPS) is 12.7. The summed E-state index contributed by atoms with van der Waals surface area (Å²) in [5, 5.41) is 3.99. The minimum absolute atomic E-state index is 0.0155. The topological polar surface area (TPSA) is 57.3 Å². The van der Waals surface area contributed by atoms with Crippen LogP contribution in [0, 0.1) is 5.92 Å². The first-order valence-corrected chi connectivity index (χ1v) is 6.73. The lowest BCUT2D eigenvalue weighted by Gasteiger charge is -2.11. The smallest absolute Gasteiger partial charge is 0.440 e. The SMILES string of the molecule is COc1nn([C@@H](C)c2ccc(CC(C)C)cc2)c(=O)o1. The van der Waals surface area contributed by atoms with Crippen molar-refractivity contribution in [3.05, 3.63) is 45.9 Å². The Labute approximate surface area is 118 Å². The lowest BCUT2D eigenvalue weighted by Crippen LogP contribution is -2.20. The lowest BCUT2D eigenvalue weighted by molar-refractivity contribution is 0.282. The Morgan fingerprint density at radius 1 is 1.25 bits per heavy atom. The van der Waals surface area contributed by atoms with Crippen LogP contribution >= 0.6 is 0 Å². The van der Waals surface area contributed by atoms with Crippen LogP contribution in [0.15, 0.2) is 33.5 Å². The van der Waals surface area contributed by atoms with E-state index in [0.717, 1.165) is 12.0 Å².